The molecule has 5 heteroatoms. The maximum Gasteiger partial charge on any atom is 0.241 e. The molecule has 2 N–H and O–H groups in total. The molecule has 2 aromatic carbocycles. The molecule has 1 atom stereocenters. The summed E-state index contributed by atoms with van der Waals surface area (Å²) >= 11 is 0. The summed E-state index contributed by atoms with van der Waals surface area (Å²) in [7, 11) is 0. The molecule has 28 heavy (non-hydrogen) atoms. The monoisotopic (exact) mass is 376 g/mol. The average Bonchev–Trinajstić information content (AvgIpc) is 3.26. The van der Waals surface area contributed by atoms with E-state index in [0.717, 1.165) is 37.2 Å². The Balaban J connectivity index is 1.62. The Morgan fingerprint density at radius 3 is 2.71 bits per heavy atom. The zero-order valence-electron chi connectivity index (χ0n) is 16.4. The summed E-state index contributed by atoms with van der Waals surface area (Å²) in [6.07, 6.45) is 4.13. The van der Waals surface area contributed by atoms with E-state index in [9.17, 15) is 4.79 Å². The van der Waals surface area contributed by atoms with Gasteiger partial charge in [0.25, 0.3) is 0 Å². The summed E-state index contributed by atoms with van der Waals surface area (Å²) in [5.74, 6) is -0.0168. The smallest absolute Gasteiger partial charge is 0.241 e. The first-order valence-corrected chi connectivity index (χ1v) is 10.1. The molecule has 1 saturated heterocycles. The van der Waals surface area contributed by atoms with Gasteiger partial charge < -0.3 is 15.5 Å². The number of amides is 1. The average molecular weight is 377 g/mol. The highest BCUT2D eigenvalue weighted by atomic mass is 16.2. The van der Waals surface area contributed by atoms with Gasteiger partial charge in [-0.05, 0) is 55.2 Å². The van der Waals surface area contributed by atoms with Crippen LogP contribution in [0.1, 0.15) is 43.7 Å². The molecule has 0 radical (unpaired) electrons. The second-order valence-corrected chi connectivity index (χ2v) is 7.27. The van der Waals surface area contributed by atoms with Crippen molar-refractivity contribution >= 4 is 17.3 Å². The van der Waals surface area contributed by atoms with Crippen LogP contribution in [0.4, 0.5) is 11.4 Å². The fraction of sp³-hybridized carbons (Fsp3) is 0.391. The van der Waals surface area contributed by atoms with Crippen LogP contribution in [-0.2, 0) is 11.3 Å². The highest BCUT2D eigenvalue weighted by Gasteiger charge is 2.18. The van der Waals surface area contributed by atoms with E-state index in [1.54, 1.807) is 6.07 Å². The van der Waals surface area contributed by atoms with Crippen LogP contribution in [0.5, 0.6) is 0 Å². The maximum absolute atomic E-state index is 12.8. The lowest BCUT2D eigenvalue weighted by Gasteiger charge is -2.20. The van der Waals surface area contributed by atoms with Crippen molar-refractivity contribution in [1.29, 1.82) is 5.26 Å². The molecule has 5 nitrogen and oxygen atoms in total. The Morgan fingerprint density at radius 1 is 1.18 bits per heavy atom. The summed E-state index contributed by atoms with van der Waals surface area (Å²) in [5.41, 5.74) is 3.64. The fourth-order valence-corrected chi connectivity index (χ4v) is 3.59. The van der Waals surface area contributed by atoms with Crippen molar-refractivity contribution in [2.75, 3.05) is 23.3 Å². The lowest BCUT2D eigenvalue weighted by atomic mass is 10.1. The number of nitriles is 1. The molecule has 1 fully saturated rings. The van der Waals surface area contributed by atoms with Gasteiger partial charge in [-0.1, -0.05) is 31.5 Å². The van der Waals surface area contributed by atoms with Crippen molar-refractivity contribution in [3.8, 4) is 6.07 Å². The summed E-state index contributed by atoms with van der Waals surface area (Å²) in [6.45, 7) is 4.80. The lowest BCUT2D eigenvalue weighted by Crippen LogP contribution is -2.40. The van der Waals surface area contributed by atoms with Crippen LogP contribution in [0.2, 0.25) is 0 Å². The van der Waals surface area contributed by atoms with Crippen molar-refractivity contribution < 1.29 is 4.79 Å². The van der Waals surface area contributed by atoms with Crippen molar-refractivity contribution in [2.24, 2.45) is 0 Å². The van der Waals surface area contributed by atoms with Crippen LogP contribution in [0.3, 0.4) is 0 Å². The van der Waals surface area contributed by atoms with Gasteiger partial charge in [-0.15, -0.1) is 0 Å². The zero-order valence-corrected chi connectivity index (χ0v) is 16.4. The van der Waals surface area contributed by atoms with Crippen LogP contribution in [-0.4, -0.2) is 25.0 Å². The van der Waals surface area contributed by atoms with E-state index in [0.29, 0.717) is 12.1 Å². The highest BCUT2D eigenvalue weighted by molar-refractivity contribution is 5.95. The number of carbonyl (C=O) groups excluding carboxylic acids is 1. The Labute approximate surface area is 167 Å². The molecule has 0 spiro atoms. The van der Waals surface area contributed by atoms with Gasteiger partial charge in [-0.3, -0.25) is 4.79 Å². The van der Waals surface area contributed by atoms with Gasteiger partial charge in [-0.25, -0.2) is 0 Å². The molecule has 0 aliphatic carbocycles. The first-order chi connectivity index (χ1) is 13.7. The van der Waals surface area contributed by atoms with E-state index in [4.69, 9.17) is 5.26 Å². The molecule has 0 saturated carbocycles. The van der Waals surface area contributed by atoms with E-state index in [1.165, 1.54) is 18.5 Å². The topological polar surface area (TPSA) is 68.2 Å². The molecule has 3 rings (SSSR count). The SMILES string of the molecule is CCCC(NCc1cccc(C#N)c1)C(=O)Nc1cccc(N2CCCC2)c1. The number of carbonyl (C=O) groups is 1. The molecule has 1 amide bonds. The minimum Gasteiger partial charge on any atom is -0.371 e. The van der Waals surface area contributed by atoms with Gasteiger partial charge in [0.15, 0.2) is 0 Å². The zero-order chi connectivity index (χ0) is 19.8. The Morgan fingerprint density at radius 2 is 1.96 bits per heavy atom. The summed E-state index contributed by atoms with van der Waals surface area (Å²) in [5, 5.41) is 15.5. The number of nitrogens with zero attached hydrogens (tertiary/aromatic N) is 2. The van der Waals surface area contributed by atoms with Crippen molar-refractivity contribution in [2.45, 2.75) is 45.2 Å². The van der Waals surface area contributed by atoms with E-state index in [1.807, 2.05) is 30.3 Å². The molecular formula is C23H28N4O. The molecule has 0 bridgehead atoms. The highest BCUT2D eigenvalue weighted by Crippen LogP contribution is 2.23. The molecule has 1 heterocycles. The molecule has 146 valence electrons. The van der Waals surface area contributed by atoms with Crippen molar-refractivity contribution in [1.82, 2.24) is 5.32 Å². The van der Waals surface area contributed by atoms with Gasteiger partial charge in [0.1, 0.15) is 0 Å². The molecule has 1 aliphatic rings. The Kier molecular flexibility index (Phi) is 7.05. The Hall–Kier alpha value is -2.84. The summed E-state index contributed by atoms with van der Waals surface area (Å²) in [6, 6.07) is 17.5. The Bertz CT molecular complexity index is 836. The van der Waals surface area contributed by atoms with Crippen LogP contribution in [0, 0.1) is 11.3 Å². The largest absolute Gasteiger partial charge is 0.371 e. The van der Waals surface area contributed by atoms with Crippen molar-refractivity contribution in [3.63, 3.8) is 0 Å². The summed E-state index contributed by atoms with van der Waals surface area (Å²) in [4.78, 5) is 15.2. The van der Waals surface area contributed by atoms with E-state index >= 15 is 0 Å². The number of benzene rings is 2. The number of hydrogen-bond donors (Lipinski definition) is 2. The molecule has 1 unspecified atom stereocenters. The molecule has 0 aromatic heterocycles. The van der Waals surface area contributed by atoms with Crippen LogP contribution < -0.4 is 15.5 Å². The van der Waals surface area contributed by atoms with Gasteiger partial charge in [-0.2, -0.15) is 5.26 Å². The second kappa shape index (κ2) is 9.91. The maximum atomic E-state index is 12.8. The number of anilines is 2. The minimum atomic E-state index is -0.272. The summed E-state index contributed by atoms with van der Waals surface area (Å²) < 4.78 is 0. The second-order valence-electron chi connectivity index (χ2n) is 7.27. The number of rotatable bonds is 8. The van der Waals surface area contributed by atoms with Gasteiger partial charge in [0.2, 0.25) is 5.91 Å². The number of hydrogen-bond acceptors (Lipinski definition) is 4. The fourth-order valence-electron chi connectivity index (χ4n) is 3.59. The molecule has 2 aromatic rings. The van der Waals surface area contributed by atoms with E-state index in [2.05, 4.69) is 40.7 Å². The standard InChI is InChI=1S/C23H28N4O/c1-2-7-22(25-17-19-9-5-8-18(14-19)16-24)23(28)26-20-10-6-11-21(15-20)27-12-3-4-13-27/h5-6,8-11,14-15,22,25H,2-4,7,12-13,17H2,1H3,(H,26,28). The lowest BCUT2D eigenvalue weighted by molar-refractivity contribution is -0.118. The first-order valence-electron chi connectivity index (χ1n) is 10.1. The van der Waals surface area contributed by atoms with E-state index < -0.39 is 0 Å². The minimum absolute atomic E-state index is 0.0168. The number of nitrogens with one attached hydrogen (secondary N) is 2. The quantitative estimate of drug-likeness (QED) is 0.729. The van der Waals surface area contributed by atoms with Gasteiger partial charge in [0.05, 0.1) is 17.7 Å². The van der Waals surface area contributed by atoms with Crippen LogP contribution >= 0.6 is 0 Å². The van der Waals surface area contributed by atoms with Crippen LogP contribution in [0.15, 0.2) is 48.5 Å². The predicted molar refractivity (Wildman–Crippen MR) is 113 cm³/mol. The van der Waals surface area contributed by atoms with Crippen molar-refractivity contribution in [3.05, 3.63) is 59.7 Å². The third kappa shape index (κ3) is 5.34. The predicted octanol–water partition coefficient (Wildman–Crippen LogP) is 4.06. The third-order valence-electron chi connectivity index (χ3n) is 5.09. The molecular weight excluding hydrogens is 348 g/mol. The third-order valence-corrected chi connectivity index (χ3v) is 5.09. The van der Waals surface area contributed by atoms with Crippen LogP contribution in [0.25, 0.3) is 0 Å². The molecule has 1 aliphatic heterocycles. The van der Waals surface area contributed by atoms with E-state index in [-0.39, 0.29) is 11.9 Å². The normalized spacial score (nSPS) is 14.5. The van der Waals surface area contributed by atoms with Gasteiger partial charge >= 0.3 is 0 Å². The van der Waals surface area contributed by atoms with Gasteiger partial charge in [0, 0.05) is 31.0 Å². The first kappa shape index (κ1) is 19.9.